The fraction of sp³-hybridized carbons (Fsp3) is 0.917. The number of piperidine rings is 3. The Morgan fingerprint density at radius 1 is 1.38 bits per heavy atom. The molecule has 1 unspecified atom stereocenters. The highest BCUT2D eigenvalue weighted by molar-refractivity contribution is 5.74. The number of unbranched alkanes of at least 4 members (excludes halogenated alkanes) is 1. The van der Waals surface area contributed by atoms with Gasteiger partial charge in [0.1, 0.15) is 0 Å². The van der Waals surface area contributed by atoms with E-state index in [-0.39, 0.29) is 6.03 Å². The molecule has 2 bridgehead atoms. The van der Waals surface area contributed by atoms with Crippen LogP contribution in [-0.2, 0) is 0 Å². The summed E-state index contributed by atoms with van der Waals surface area (Å²) in [6, 6.07) is 0.399. The summed E-state index contributed by atoms with van der Waals surface area (Å²) >= 11 is 0. The number of nitrogens with one attached hydrogen (secondary N) is 2. The van der Waals surface area contributed by atoms with E-state index in [0.717, 1.165) is 25.9 Å². The Balaban J connectivity index is 1.70. The van der Waals surface area contributed by atoms with Crippen LogP contribution in [0.4, 0.5) is 4.79 Å². The fourth-order valence-corrected chi connectivity index (χ4v) is 2.73. The molecule has 2 N–H and O–H groups in total. The van der Waals surface area contributed by atoms with E-state index in [0.29, 0.717) is 12.0 Å². The van der Waals surface area contributed by atoms with E-state index in [1.807, 2.05) is 0 Å². The van der Waals surface area contributed by atoms with Crippen molar-refractivity contribution in [1.82, 2.24) is 15.5 Å². The molecule has 16 heavy (non-hydrogen) atoms. The molecule has 3 fully saturated rings. The molecule has 0 aliphatic carbocycles. The molecule has 3 saturated heterocycles. The van der Waals surface area contributed by atoms with E-state index in [9.17, 15) is 4.79 Å². The summed E-state index contributed by atoms with van der Waals surface area (Å²) in [7, 11) is 0. The largest absolute Gasteiger partial charge is 0.338 e. The van der Waals surface area contributed by atoms with Crippen LogP contribution in [0.25, 0.3) is 0 Å². The van der Waals surface area contributed by atoms with Crippen molar-refractivity contribution >= 4 is 6.03 Å². The third-order valence-corrected chi connectivity index (χ3v) is 3.79. The first-order chi connectivity index (χ1) is 7.79. The van der Waals surface area contributed by atoms with Gasteiger partial charge in [-0.1, -0.05) is 13.3 Å². The zero-order valence-corrected chi connectivity index (χ0v) is 10.2. The smallest absolute Gasteiger partial charge is 0.315 e. The predicted molar refractivity (Wildman–Crippen MR) is 64.4 cm³/mol. The zero-order valence-electron chi connectivity index (χ0n) is 10.2. The summed E-state index contributed by atoms with van der Waals surface area (Å²) in [6.07, 6.45) is 4.69. The SMILES string of the molecule is CCCCNC(=O)NC1CN2CCC1CC2. The average molecular weight is 225 g/mol. The number of amides is 2. The average Bonchev–Trinajstić information content (AvgIpc) is 2.31. The van der Waals surface area contributed by atoms with Gasteiger partial charge in [0.15, 0.2) is 0 Å². The molecular weight excluding hydrogens is 202 g/mol. The third kappa shape index (κ3) is 2.88. The molecule has 4 nitrogen and oxygen atoms in total. The van der Waals surface area contributed by atoms with Crippen LogP contribution < -0.4 is 10.6 Å². The molecule has 4 heteroatoms. The van der Waals surface area contributed by atoms with Gasteiger partial charge in [-0.05, 0) is 38.3 Å². The summed E-state index contributed by atoms with van der Waals surface area (Å²) < 4.78 is 0. The monoisotopic (exact) mass is 225 g/mol. The van der Waals surface area contributed by atoms with Crippen LogP contribution in [0.15, 0.2) is 0 Å². The lowest BCUT2D eigenvalue weighted by Gasteiger charge is -2.44. The number of carbonyl (C=O) groups excluding carboxylic acids is 1. The van der Waals surface area contributed by atoms with Crippen molar-refractivity contribution in [2.24, 2.45) is 5.92 Å². The molecule has 0 saturated carbocycles. The van der Waals surface area contributed by atoms with Crippen LogP contribution in [0, 0.1) is 5.92 Å². The second-order valence-corrected chi connectivity index (χ2v) is 5.00. The molecule has 0 aromatic carbocycles. The van der Waals surface area contributed by atoms with Gasteiger partial charge >= 0.3 is 6.03 Å². The van der Waals surface area contributed by atoms with Crippen molar-refractivity contribution in [3.63, 3.8) is 0 Å². The Kier molecular flexibility index (Phi) is 4.04. The summed E-state index contributed by atoms with van der Waals surface area (Å²) in [5.41, 5.74) is 0. The van der Waals surface area contributed by atoms with Crippen molar-refractivity contribution < 1.29 is 4.79 Å². The van der Waals surface area contributed by atoms with E-state index < -0.39 is 0 Å². The van der Waals surface area contributed by atoms with Gasteiger partial charge in [-0.3, -0.25) is 0 Å². The predicted octanol–water partition coefficient (Wildman–Crippen LogP) is 1.18. The van der Waals surface area contributed by atoms with Gasteiger partial charge < -0.3 is 15.5 Å². The number of hydrogen-bond acceptors (Lipinski definition) is 2. The number of nitrogens with zero attached hydrogens (tertiary/aromatic N) is 1. The number of rotatable bonds is 4. The highest BCUT2D eigenvalue weighted by Gasteiger charge is 2.34. The standard InChI is InChI=1S/C12H23N3O/c1-2-3-6-13-12(16)14-11-9-15-7-4-10(11)5-8-15/h10-11H,2-9H2,1H3,(H2,13,14,16). The van der Waals surface area contributed by atoms with Crippen molar-refractivity contribution in [2.75, 3.05) is 26.2 Å². The Hall–Kier alpha value is -0.770. The van der Waals surface area contributed by atoms with Crippen LogP contribution in [0.2, 0.25) is 0 Å². The molecular formula is C12H23N3O. The summed E-state index contributed by atoms with van der Waals surface area (Å²) in [6.45, 7) is 6.42. The van der Waals surface area contributed by atoms with E-state index in [1.165, 1.54) is 25.9 Å². The number of carbonyl (C=O) groups is 1. The van der Waals surface area contributed by atoms with E-state index >= 15 is 0 Å². The second kappa shape index (κ2) is 5.53. The lowest BCUT2D eigenvalue weighted by molar-refractivity contribution is 0.0766. The third-order valence-electron chi connectivity index (χ3n) is 3.79. The summed E-state index contributed by atoms with van der Waals surface area (Å²) in [5, 5.41) is 6.04. The van der Waals surface area contributed by atoms with Crippen LogP contribution in [-0.4, -0.2) is 43.2 Å². The summed E-state index contributed by atoms with van der Waals surface area (Å²) in [4.78, 5) is 14.1. The van der Waals surface area contributed by atoms with Gasteiger partial charge in [0, 0.05) is 19.1 Å². The molecule has 0 aromatic rings. The molecule has 3 rings (SSSR count). The van der Waals surface area contributed by atoms with Gasteiger partial charge in [0.2, 0.25) is 0 Å². The highest BCUT2D eigenvalue weighted by Crippen LogP contribution is 2.27. The Morgan fingerprint density at radius 2 is 2.12 bits per heavy atom. The zero-order chi connectivity index (χ0) is 11.4. The second-order valence-electron chi connectivity index (χ2n) is 5.00. The lowest BCUT2D eigenvalue weighted by Crippen LogP contribution is -2.58. The Bertz CT molecular complexity index is 236. The first-order valence-corrected chi connectivity index (χ1v) is 6.56. The van der Waals surface area contributed by atoms with Gasteiger partial charge in [-0.15, -0.1) is 0 Å². The highest BCUT2D eigenvalue weighted by atomic mass is 16.2. The quantitative estimate of drug-likeness (QED) is 0.706. The van der Waals surface area contributed by atoms with Crippen molar-refractivity contribution in [1.29, 1.82) is 0 Å². The molecule has 0 aromatic heterocycles. The molecule has 0 radical (unpaired) electrons. The van der Waals surface area contributed by atoms with Crippen LogP contribution in [0.1, 0.15) is 32.6 Å². The van der Waals surface area contributed by atoms with Crippen LogP contribution in [0.5, 0.6) is 0 Å². The first-order valence-electron chi connectivity index (χ1n) is 6.56. The molecule has 2 amide bonds. The maximum absolute atomic E-state index is 11.6. The van der Waals surface area contributed by atoms with Crippen molar-refractivity contribution in [3.05, 3.63) is 0 Å². The Morgan fingerprint density at radius 3 is 2.69 bits per heavy atom. The summed E-state index contributed by atoms with van der Waals surface area (Å²) in [5.74, 6) is 0.710. The maximum atomic E-state index is 11.6. The first kappa shape index (κ1) is 11.7. The lowest BCUT2D eigenvalue weighted by atomic mass is 9.84. The number of hydrogen-bond donors (Lipinski definition) is 2. The molecule has 92 valence electrons. The van der Waals surface area contributed by atoms with Crippen LogP contribution >= 0.6 is 0 Å². The fourth-order valence-electron chi connectivity index (χ4n) is 2.73. The number of urea groups is 1. The topological polar surface area (TPSA) is 44.4 Å². The van der Waals surface area contributed by atoms with Gasteiger partial charge in [0.25, 0.3) is 0 Å². The normalized spacial score (nSPS) is 32.4. The van der Waals surface area contributed by atoms with E-state index in [1.54, 1.807) is 0 Å². The minimum Gasteiger partial charge on any atom is -0.338 e. The molecule has 3 aliphatic rings. The molecule has 3 heterocycles. The van der Waals surface area contributed by atoms with E-state index in [4.69, 9.17) is 0 Å². The van der Waals surface area contributed by atoms with Crippen LogP contribution in [0.3, 0.4) is 0 Å². The van der Waals surface area contributed by atoms with E-state index in [2.05, 4.69) is 22.5 Å². The molecule has 1 atom stereocenters. The minimum atomic E-state index is 0.0206. The van der Waals surface area contributed by atoms with Gasteiger partial charge in [0.05, 0.1) is 0 Å². The minimum absolute atomic E-state index is 0.0206. The van der Waals surface area contributed by atoms with Gasteiger partial charge in [-0.25, -0.2) is 4.79 Å². The van der Waals surface area contributed by atoms with Gasteiger partial charge in [-0.2, -0.15) is 0 Å². The molecule has 3 aliphatic heterocycles. The Labute approximate surface area is 97.8 Å². The van der Waals surface area contributed by atoms with Crippen molar-refractivity contribution in [3.8, 4) is 0 Å². The number of fused-ring (bicyclic) bond motifs is 3. The van der Waals surface area contributed by atoms with Crippen molar-refractivity contribution in [2.45, 2.75) is 38.6 Å². The molecule has 0 spiro atoms. The maximum Gasteiger partial charge on any atom is 0.315 e.